The van der Waals surface area contributed by atoms with Gasteiger partial charge in [0.1, 0.15) is 5.78 Å². The van der Waals surface area contributed by atoms with E-state index in [1.165, 1.54) is 0 Å². The van der Waals surface area contributed by atoms with Gasteiger partial charge in [-0.25, -0.2) is 0 Å². The number of hydrogen-bond acceptors (Lipinski definition) is 2. The lowest BCUT2D eigenvalue weighted by atomic mass is 9.81. The fraction of sp³-hybridized carbons (Fsp3) is 0.385. The van der Waals surface area contributed by atoms with E-state index >= 15 is 0 Å². The molecule has 0 aliphatic heterocycles. The van der Waals surface area contributed by atoms with E-state index in [1.54, 1.807) is 12.1 Å². The predicted octanol–water partition coefficient (Wildman–Crippen LogP) is 2.01. The second-order valence-corrected chi connectivity index (χ2v) is 4.22. The van der Waals surface area contributed by atoms with Gasteiger partial charge in [-0.2, -0.15) is 0 Å². The molecule has 16 heavy (non-hydrogen) atoms. The number of carbonyl (C=O) groups is 2. The normalized spacial score (nSPS) is 20.8. The summed E-state index contributed by atoms with van der Waals surface area (Å²) in [5.74, 6) is -0.341. The topological polar surface area (TPSA) is 60.2 Å². The van der Waals surface area contributed by atoms with Gasteiger partial charge in [0, 0.05) is 17.9 Å². The maximum atomic E-state index is 11.8. The van der Waals surface area contributed by atoms with Crippen molar-refractivity contribution in [1.82, 2.24) is 0 Å². The van der Waals surface area contributed by atoms with E-state index in [2.05, 4.69) is 0 Å². The van der Waals surface area contributed by atoms with Crippen LogP contribution in [0, 0.1) is 0 Å². The van der Waals surface area contributed by atoms with Crippen LogP contribution in [0.1, 0.15) is 47.5 Å². The van der Waals surface area contributed by atoms with Crippen LogP contribution in [0.2, 0.25) is 0 Å². The number of Topliss-reactive ketones (excluding diaryl/α,β-unsaturated/α-hetero) is 1. The molecule has 0 aromatic heterocycles. The number of hydrogen-bond donors (Lipinski definition) is 1. The lowest BCUT2D eigenvalue weighted by Gasteiger charge is -2.22. The van der Waals surface area contributed by atoms with Crippen molar-refractivity contribution >= 4 is 11.7 Å². The Morgan fingerprint density at radius 3 is 2.69 bits per heavy atom. The van der Waals surface area contributed by atoms with Crippen LogP contribution in [0.25, 0.3) is 0 Å². The van der Waals surface area contributed by atoms with Gasteiger partial charge in [-0.1, -0.05) is 24.6 Å². The summed E-state index contributed by atoms with van der Waals surface area (Å²) in [6.07, 6.45) is 3.47. The summed E-state index contributed by atoms with van der Waals surface area (Å²) >= 11 is 0. The number of ketones is 1. The Kier molecular flexibility index (Phi) is 3.04. The maximum Gasteiger partial charge on any atom is 0.249 e. The molecular formula is C13H15NO2. The van der Waals surface area contributed by atoms with Crippen LogP contribution in [-0.2, 0) is 4.79 Å². The second-order valence-electron chi connectivity index (χ2n) is 4.22. The van der Waals surface area contributed by atoms with Crippen molar-refractivity contribution in [1.29, 1.82) is 0 Å². The molecule has 1 fully saturated rings. The van der Waals surface area contributed by atoms with Gasteiger partial charge in [-0.3, -0.25) is 9.59 Å². The molecule has 1 aliphatic rings. The largest absolute Gasteiger partial charge is 0.366 e. The van der Waals surface area contributed by atoms with Gasteiger partial charge < -0.3 is 5.73 Å². The molecule has 1 atom stereocenters. The molecule has 2 rings (SSSR count). The third kappa shape index (κ3) is 1.98. The van der Waals surface area contributed by atoms with Gasteiger partial charge in [-0.05, 0) is 24.5 Å². The SMILES string of the molecule is NC(=O)c1ccccc1C1CCCCC1=O. The van der Waals surface area contributed by atoms with E-state index in [9.17, 15) is 9.59 Å². The average Bonchev–Trinajstić information content (AvgIpc) is 2.29. The Hall–Kier alpha value is -1.64. The Morgan fingerprint density at radius 1 is 1.25 bits per heavy atom. The molecule has 0 spiro atoms. The molecule has 2 N–H and O–H groups in total. The lowest BCUT2D eigenvalue weighted by molar-refractivity contribution is -0.121. The summed E-state index contributed by atoms with van der Waals surface area (Å²) in [4.78, 5) is 23.1. The summed E-state index contributed by atoms with van der Waals surface area (Å²) < 4.78 is 0. The smallest absolute Gasteiger partial charge is 0.249 e. The van der Waals surface area contributed by atoms with E-state index in [4.69, 9.17) is 5.73 Å². The number of primary amides is 1. The first-order valence-corrected chi connectivity index (χ1v) is 5.61. The molecule has 1 saturated carbocycles. The lowest BCUT2D eigenvalue weighted by Crippen LogP contribution is -2.22. The highest BCUT2D eigenvalue weighted by Gasteiger charge is 2.26. The standard InChI is InChI=1S/C13H15NO2/c14-13(16)11-7-2-1-5-9(11)10-6-3-4-8-12(10)15/h1-2,5,7,10H,3-4,6,8H2,(H2,14,16). The number of amides is 1. The summed E-state index contributed by atoms with van der Waals surface area (Å²) in [7, 11) is 0. The summed E-state index contributed by atoms with van der Waals surface area (Å²) in [6, 6.07) is 7.16. The van der Waals surface area contributed by atoms with Gasteiger partial charge in [0.25, 0.3) is 0 Å². The van der Waals surface area contributed by atoms with Crippen LogP contribution < -0.4 is 5.73 Å². The van der Waals surface area contributed by atoms with Crippen molar-refractivity contribution in [3.05, 3.63) is 35.4 Å². The van der Waals surface area contributed by atoms with Crippen LogP contribution in [0.15, 0.2) is 24.3 Å². The minimum atomic E-state index is -0.450. The van der Waals surface area contributed by atoms with Gasteiger partial charge in [0.2, 0.25) is 5.91 Å². The molecule has 1 aromatic rings. The van der Waals surface area contributed by atoms with Gasteiger partial charge >= 0.3 is 0 Å². The van der Waals surface area contributed by atoms with Gasteiger partial charge in [0.05, 0.1) is 0 Å². The monoisotopic (exact) mass is 217 g/mol. The fourth-order valence-corrected chi connectivity index (χ4v) is 2.34. The zero-order valence-electron chi connectivity index (χ0n) is 9.11. The van der Waals surface area contributed by atoms with Crippen LogP contribution in [0.3, 0.4) is 0 Å². The average molecular weight is 217 g/mol. The number of benzene rings is 1. The summed E-state index contributed by atoms with van der Waals surface area (Å²) in [5, 5.41) is 0. The quantitative estimate of drug-likeness (QED) is 0.823. The molecule has 3 heteroatoms. The van der Waals surface area contributed by atoms with Crippen molar-refractivity contribution in [2.24, 2.45) is 5.73 Å². The fourth-order valence-electron chi connectivity index (χ4n) is 2.34. The van der Waals surface area contributed by atoms with E-state index in [0.29, 0.717) is 12.0 Å². The molecule has 0 saturated heterocycles. The molecule has 1 unspecified atom stereocenters. The van der Waals surface area contributed by atoms with Crippen molar-refractivity contribution in [3.63, 3.8) is 0 Å². The molecule has 3 nitrogen and oxygen atoms in total. The third-order valence-corrected chi connectivity index (χ3v) is 3.16. The Bertz CT molecular complexity index is 426. The van der Waals surface area contributed by atoms with Gasteiger partial charge in [-0.15, -0.1) is 0 Å². The van der Waals surface area contributed by atoms with Crippen LogP contribution >= 0.6 is 0 Å². The molecule has 1 amide bonds. The summed E-state index contributed by atoms with van der Waals surface area (Å²) in [6.45, 7) is 0. The third-order valence-electron chi connectivity index (χ3n) is 3.16. The number of nitrogens with two attached hydrogens (primary N) is 1. The Morgan fingerprint density at radius 2 is 2.00 bits per heavy atom. The minimum Gasteiger partial charge on any atom is -0.366 e. The molecule has 1 aliphatic carbocycles. The van der Waals surface area contributed by atoms with Crippen LogP contribution in [0.4, 0.5) is 0 Å². The van der Waals surface area contributed by atoms with Crippen molar-refractivity contribution < 1.29 is 9.59 Å². The Balaban J connectivity index is 2.38. The minimum absolute atomic E-state index is 0.127. The first-order chi connectivity index (χ1) is 7.70. The number of carbonyl (C=O) groups excluding carboxylic acids is 2. The molecule has 0 bridgehead atoms. The molecule has 0 heterocycles. The molecule has 1 aromatic carbocycles. The predicted molar refractivity (Wildman–Crippen MR) is 61.2 cm³/mol. The molecular weight excluding hydrogens is 202 g/mol. The highest BCUT2D eigenvalue weighted by molar-refractivity contribution is 5.97. The van der Waals surface area contributed by atoms with E-state index < -0.39 is 5.91 Å². The first kappa shape index (κ1) is 10.9. The van der Waals surface area contributed by atoms with E-state index in [1.807, 2.05) is 12.1 Å². The Labute approximate surface area is 94.6 Å². The summed E-state index contributed by atoms with van der Waals surface area (Å²) in [5.41, 5.74) is 6.61. The zero-order chi connectivity index (χ0) is 11.5. The van der Waals surface area contributed by atoms with Crippen LogP contribution in [-0.4, -0.2) is 11.7 Å². The van der Waals surface area contributed by atoms with Crippen LogP contribution in [0.5, 0.6) is 0 Å². The van der Waals surface area contributed by atoms with E-state index in [0.717, 1.165) is 24.8 Å². The highest BCUT2D eigenvalue weighted by Crippen LogP contribution is 2.31. The maximum absolute atomic E-state index is 11.8. The second kappa shape index (κ2) is 4.47. The molecule has 84 valence electrons. The van der Waals surface area contributed by atoms with Crippen molar-refractivity contribution in [2.45, 2.75) is 31.6 Å². The van der Waals surface area contributed by atoms with Crippen molar-refractivity contribution in [2.75, 3.05) is 0 Å². The molecule has 0 radical (unpaired) electrons. The first-order valence-electron chi connectivity index (χ1n) is 5.61. The van der Waals surface area contributed by atoms with E-state index in [-0.39, 0.29) is 11.7 Å². The zero-order valence-corrected chi connectivity index (χ0v) is 9.11. The van der Waals surface area contributed by atoms with Gasteiger partial charge in [0.15, 0.2) is 0 Å². The van der Waals surface area contributed by atoms with Crippen molar-refractivity contribution in [3.8, 4) is 0 Å². The highest BCUT2D eigenvalue weighted by atomic mass is 16.1. The number of rotatable bonds is 2.